The Labute approximate surface area is 168 Å². The van der Waals surface area contributed by atoms with Crippen LogP contribution in [0.15, 0.2) is 82.6 Å². The number of hydrogen-bond donors (Lipinski definition) is 2. The molecule has 0 unspecified atom stereocenters. The van der Waals surface area contributed by atoms with Crippen molar-refractivity contribution in [2.24, 2.45) is 0 Å². The first kappa shape index (κ1) is 17.1. The molecule has 0 bridgehead atoms. The molecule has 2 aliphatic rings. The minimum absolute atomic E-state index is 0.0462. The van der Waals surface area contributed by atoms with Gasteiger partial charge in [-0.15, -0.1) is 0 Å². The molecule has 0 amide bonds. The van der Waals surface area contributed by atoms with Gasteiger partial charge in [-0.3, -0.25) is 4.79 Å². The van der Waals surface area contributed by atoms with Gasteiger partial charge in [0.2, 0.25) is 0 Å². The van der Waals surface area contributed by atoms with Crippen molar-refractivity contribution in [1.82, 2.24) is 0 Å². The van der Waals surface area contributed by atoms with E-state index in [9.17, 15) is 4.79 Å². The van der Waals surface area contributed by atoms with E-state index in [0.29, 0.717) is 11.4 Å². The first-order valence-electron chi connectivity index (χ1n) is 9.37. The fraction of sp³-hybridized carbons (Fsp3) is 0.174. The predicted octanol–water partition coefficient (Wildman–Crippen LogP) is 5.91. The molecule has 28 heavy (non-hydrogen) atoms. The topological polar surface area (TPSA) is 54.3 Å². The van der Waals surface area contributed by atoms with E-state index in [4.69, 9.17) is 16.0 Å². The molecule has 1 aliphatic carbocycles. The lowest BCUT2D eigenvalue weighted by Crippen LogP contribution is -2.26. The van der Waals surface area contributed by atoms with Crippen LogP contribution in [-0.4, -0.2) is 5.78 Å². The summed E-state index contributed by atoms with van der Waals surface area (Å²) in [5.74, 6) is 1.04. The van der Waals surface area contributed by atoms with Crippen LogP contribution in [0.1, 0.15) is 36.1 Å². The Morgan fingerprint density at radius 2 is 1.71 bits per heavy atom. The predicted molar refractivity (Wildman–Crippen MR) is 111 cm³/mol. The number of Topliss-reactive ketones (excluding diaryl/α,β-unsaturated/α-hetero) is 1. The van der Waals surface area contributed by atoms with E-state index in [2.05, 4.69) is 10.6 Å². The molecule has 0 radical (unpaired) electrons. The van der Waals surface area contributed by atoms with E-state index in [1.54, 1.807) is 6.26 Å². The lowest BCUT2D eigenvalue weighted by Gasteiger charge is -2.28. The second kappa shape index (κ2) is 6.88. The van der Waals surface area contributed by atoms with E-state index in [0.717, 1.165) is 40.4 Å². The SMILES string of the molecule is O=C1C[C@@H](c2ccco2)CC2=C1[C@@H](c1ccc(Cl)cc1)Nc1ccccc1N2. The summed E-state index contributed by atoms with van der Waals surface area (Å²) < 4.78 is 5.59. The number of rotatable bonds is 2. The standard InChI is InChI=1S/C23H19ClN2O2/c24-16-9-7-14(8-10-16)23-22-19(25-17-4-1-2-5-18(17)26-23)12-15(13-20(22)27)21-6-3-11-28-21/h1-11,15,23,25-26H,12-13H2/t15-,23+/m0/s1. The number of allylic oxidation sites excluding steroid dienone is 1. The Morgan fingerprint density at radius 1 is 0.929 bits per heavy atom. The van der Waals surface area contributed by atoms with Crippen LogP contribution in [0.2, 0.25) is 5.02 Å². The van der Waals surface area contributed by atoms with Crippen LogP contribution in [0.3, 0.4) is 0 Å². The van der Waals surface area contributed by atoms with Crippen LogP contribution >= 0.6 is 11.6 Å². The van der Waals surface area contributed by atoms with E-state index in [1.807, 2.05) is 60.7 Å². The van der Waals surface area contributed by atoms with Crippen LogP contribution in [0.5, 0.6) is 0 Å². The number of hydrogen-bond acceptors (Lipinski definition) is 4. The maximum absolute atomic E-state index is 13.3. The fourth-order valence-corrected chi connectivity index (χ4v) is 4.25. The van der Waals surface area contributed by atoms with Crippen molar-refractivity contribution >= 4 is 28.8 Å². The quantitative estimate of drug-likeness (QED) is 0.570. The maximum Gasteiger partial charge on any atom is 0.163 e. The smallest absolute Gasteiger partial charge is 0.163 e. The lowest BCUT2D eigenvalue weighted by atomic mass is 9.80. The molecular formula is C23H19ClN2O2. The summed E-state index contributed by atoms with van der Waals surface area (Å²) in [4.78, 5) is 13.3. The molecule has 1 aliphatic heterocycles. The number of benzene rings is 2. The average Bonchev–Trinajstić information content (AvgIpc) is 3.18. The number of ketones is 1. The lowest BCUT2D eigenvalue weighted by molar-refractivity contribution is -0.116. The van der Waals surface area contributed by atoms with Crippen LogP contribution in [-0.2, 0) is 4.79 Å². The van der Waals surface area contributed by atoms with Crippen molar-refractivity contribution in [2.45, 2.75) is 24.8 Å². The second-order valence-corrected chi connectivity index (χ2v) is 7.67. The molecule has 3 aromatic rings. The number of nitrogens with one attached hydrogen (secondary N) is 2. The van der Waals surface area contributed by atoms with Gasteiger partial charge in [0.05, 0.1) is 23.7 Å². The largest absolute Gasteiger partial charge is 0.469 e. The molecule has 2 heterocycles. The molecule has 5 heteroatoms. The van der Waals surface area contributed by atoms with Gasteiger partial charge < -0.3 is 15.1 Å². The van der Waals surface area contributed by atoms with Gasteiger partial charge in [-0.1, -0.05) is 35.9 Å². The van der Waals surface area contributed by atoms with Crippen molar-refractivity contribution in [1.29, 1.82) is 0 Å². The van der Waals surface area contributed by atoms with Crippen LogP contribution in [0, 0.1) is 0 Å². The van der Waals surface area contributed by atoms with Gasteiger partial charge in [-0.2, -0.15) is 0 Å². The number of furan rings is 1. The fourth-order valence-electron chi connectivity index (χ4n) is 4.12. The number of anilines is 2. The van der Waals surface area contributed by atoms with E-state index in [-0.39, 0.29) is 17.7 Å². The monoisotopic (exact) mass is 390 g/mol. The maximum atomic E-state index is 13.3. The van der Waals surface area contributed by atoms with Gasteiger partial charge in [0.1, 0.15) is 5.76 Å². The highest BCUT2D eigenvalue weighted by Crippen LogP contribution is 2.44. The summed E-state index contributed by atoms with van der Waals surface area (Å²) in [6, 6.07) is 19.3. The first-order valence-corrected chi connectivity index (χ1v) is 9.74. The zero-order chi connectivity index (χ0) is 19.1. The summed E-state index contributed by atoms with van der Waals surface area (Å²) in [7, 11) is 0. The summed E-state index contributed by atoms with van der Waals surface area (Å²) in [6.45, 7) is 0. The minimum Gasteiger partial charge on any atom is -0.469 e. The molecule has 0 fully saturated rings. The summed E-state index contributed by atoms with van der Waals surface area (Å²) >= 11 is 6.08. The van der Waals surface area contributed by atoms with Gasteiger partial charge in [-0.05, 0) is 48.4 Å². The van der Waals surface area contributed by atoms with Crippen LogP contribution < -0.4 is 10.6 Å². The van der Waals surface area contributed by atoms with Crippen molar-refractivity contribution in [3.63, 3.8) is 0 Å². The van der Waals surface area contributed by atoms with Crippen molar-refractivity contribution < 1.29 is 9.21 Å². The zero-order valence-electron chi connectivity index (χ0n) is 15.1. The molecule has 0 saturated heterocycles. The van der Waals surface area contributed by atoms with Gasteiger partial charge in [0, 0.05) is 28.6 Å². The third-order valence-corrected chi connectivity index (χ3v) is 5.71. The molecule has 5 rings (SSSR count). The Kier molecular flexibility index (Phi) is 4.21. The van der Waals surface area contributed by atoms with Crippen molar-refractivity contribution in [3.05, 3.63) is 94.5 Å². The summed E-state index contributed by atoms with van der Waals surface area (Å²) in [5, 5.41) is 7.77. The van der Waals surface area contributed by atoms with E-state index >= 15 is 0 Å². The second-order valence-electron chi connectivity index (χ2n) is 7.24. The highest BCUT2D eigenvalue weighted by molar-refractivity contribution is 6.30. The summed E-state index contributed by atoms with van der Waals surface area (Å²) in [5.41, 5.74) is 4.70. The third-order valence-electron chi connectivity index (χ3n) is 5.46. The number of fused-ring (bicyclic) bond motifs is 1. The molecule has 2 aromatic carbocycles. The van der Waals surface area contributed by atoms with Crippen LogP contribution in [0.4, 0.5) is 11.4 Å². The Balaban J connectivity index is 1.62. The molecule has 0 spiro atoms. The molecular weight excluding hydrogens is 372 g/mol. The van der Waals surface area contributed by atoms with E-state index < -0.39 is 0 Å². The van der Waals surface area contributed by atoms with Crippen molar-refractivity contribution in [3.8, 4) is 0 Å². The van der Waals surface area contributed by atoms with Gasteiger partial charge >= 0.3 is 0 Å². The Hall–Kier alpha value is -2.98. The highest BCUT2D eigenvalue weighted by atomic mass is 35.5. The molecule has 0 saturated carbocycles. The first-order chi connectivity index (χ1) is 13.7. The minimum atomic E-state index is -0.228. The Bertz CT molecular complexity index is 1050. The third kappa shape index (κ3) is 3.00. The zero-order valence-corrected chi connectivity index (χ0v) is 15.9. The van der Waals surface area contributed by atoms with Crippen LogP contribution in [0.25, 0.3) is 0 Å². The molecule has 2 atom stereocenters. The normalized spacial score (nSPS) is 21.2. The van der Waals surface area contributed by atoms with Gasteiger partial charge in [0.15, 0.2) is 5.78 Å². The molecule has 4 nitrogen and oxygen atoms in total. The number of carbonyl (C=O) groups excluding carboxylic acids is 1. The number of halogens is 1. The number of carbonyl (C=O) groups is 1. The van der Waals surface area contributed by atoms with E-state index in [1.165, 1.54) is 0 Å². The van der Waals surface area contributed by atoms with Gasteiger partial charge in [-0.25, -0.2) is 0 Å². The summed E-state index contributed by atoms with van der Waals surface area (Å²) in [6.07, 6.45) is 2.84. The Morgan fingerprint density at radius 3 is 2.46 bits per heavy atom. The van der Waals surface area contributed by atoms with Gasteiger partial charge in [0.25, 0.3) is 0 Å². The number of para-hydroxylation sites is 2. The van der Waals surface area contributed by atoms with Crippen molar-refractivity contribution in [2.75, 3.05) is 10.6 Å². The average molecular weight is 391 g/mol. The molecule has 140 valence electrons. The molecule has 2 N–H and O–H groups in total. The molecule has 1 aromatic heterocycles. The highest BCUT2D eigenvalue weighted by Gasteiger charge is 2.36.